The molecule has 23 heavy (non-hydrogen) atoms. The maximum absolute atomic E-state index is 12.9. The number of piperidine rings is 1. The second-order valence-electron chi connectivity index (χ2n) is 6.85. The van der Waals surface area contributed by atoms with Crippen molar-refractivity contribution >= 4 is 16.7 Å². The van der Waals surface area contributed by atoms with Crippen LogP contribution in [-0.4, -0.2) is 47.9 Å². The van der Waals surface area contributed by atoms with Crippen LogP contribution in [0.15, 0.2) is 42.5 Å². The highest BCUT2D eigenvalue weighted by atomic mass is 16.2. The van der Waals surface area contributed by atoms with Crippen LogP contribution >= 0.6 is 0 Å². The molecule has 0 unspecified atom stereocenters. The van der Waals surface area contributed by atoms with E-state index in [4.69, 9.17) is 0 Å². The van der Waals surface area contributed by atoms with Gasteiger partial charge >= 0.3 is 0 Å². The second-order valence-corrected chi connectivity index (χ2v) is 6.85. The van der Waals surface area contributed by atoms with E-state index < -0.39 is 0 Å². The van der Waals surface area contributed by atoms with Crippen LogP contribution in [-0.2, 0) is 0 Å². The molecule has 2 aliphatic rings. The zero-order valence-electron chi connectivity index (χ0n) is 13.6. The molecule has 120 valence electrons. The molecule has 2 heterocycles. The van der Waals surface area contributed by atoms with E-state index in [9.17, 15) is 4.79 Å². The maximum atomic E-state index is 12.9. The van der Waals surface area contributed by atoms with E-state index in [0.29, 0.717) is 6.04 Å². The summed E-state index contributed by atoms with van der Waals surface area (Å²) in [7, 11) is 0. The van der Waals surface area contributed by atoms with Gasteiger partial charge in [-0.3, -0.25) is 9.69 Å². The SMILES string of the molecule is O=C(c1ccc2ccccc2c1)N1CCC[C@H](N2CCCC2)C1. The number of nitrogens with zero attached hydrogens (tertiary/aromatic N) is 2. The first kappa shape index (κ1) is 14.7. The van der Waals surface area contributed by atoms with E-state index in [1.807, 2.05) is 24.3 Å². The Bertz CT molecular complexity index is 706. The van der Waals surface area contributed by atoms with Crippen molar-refractivity contribution in [1.29, 1.82) is 0 Å². The van der Waals surface area contributed by atoms with Crippen molar-refractivity contribution in [2.75, 3.05) is 26.2 Å². The molecule has 0 saturated carbocycles. The largest absolute Gasteiger partial charge is 0.337 e. The number of amides is 1. The first-order valence-corrected chi connectivity index (χ1v) is 8.83. The summed E-state index contributed by atoms with van der Waals surface area (Å²) in [5.74, 6) is 0.194. The van der Waals surface area contributed by atoms with Gasteiger partial charge in [0, 0.05) is 24.7 Å². The standard InChI is InChI=1S/C20H24N2O/c23-20(18-10-9-16-6-1-2-7-17(16)14-18)22-13-5-8-19(15-22)21-11-3-4-12-21/h1-2,6-7,9-10,14,19H,3-5,8,11-13,15H2/t19-/m0/s1. The highest BCUT2D eigenvalue weighted by molar-refractivity contribution is 5.98. The van der Waals surface area contributed by atoms with Crippen molar-refractivity contribution < 1.29 is 4.79 Å². The Morgan fingerprint density at radius 1 is 0.913 bits per heavy atom. The summed E-state index contributed by atoms with van der Waals surface area (Å²) in [4.78, 5) is 17.6. The average molecular weight is 308 g/mol. The molecule has 1 atom stereocenters. The lowest BCUT2D eigenvalue weighted by Gasteiger charge is -2.37. The Morgan fingerprint density at radius 2 is 1.70 bits per heavy atom. The van der Waals surface area contributed by atoms with Crippen LogP contribution in [0.4, 0.5) is 0 Å². The number of rotatable bonds is 2. The molecule has 0 bridgehead atoms. The molecule has 0 aliphatic carbocycles. The normalized spacial score (nSPS) is 22.6. The van der Waals surface area contributed by atoms with Crippen molar-refractivity contribution in [3.05, 3.63) is 48.0 Å². The van der Waals surface area contributed by atoms with E-state index in [-0.39, 0.29) is 5.91 Å². The zero-order chi connectivity index (χ0) is 15.6. The van der Waals surface area contributed by atoms with Crippen LogP contribution in [0.2, 0.25) is 0 Å². The molecular formula is C20H24N2O. The fourth-order valence-corrected chi connectivity index (χ4v) is 4.05. The number of likely N-dealkylation sites (tertiary alicyclic amines) is 2. The van der Waals surface area contributed by atoms with Crippen LogP contribution in [0.25, 0.3) is 10.8 Å². The molecule has 0 spiro atoms. The number of hydrogen-bond donors (Lipinski definition) is 0. The molecule has 2 saturated heterocycles. The quantitative estimate of drug-likeness (QED) is 0.847. The maximum Gasteiger partial charge on any atom is 0.253 e. The van der Waals surface area contributed by atoms with Gasteiger partial charge in [-0.05, 0) is 61.7 Å². The summed E-state index contributed by atoms with van der Waals surface area (Å²) in [5, 5.41) is 2.34. The molecule has 0 radical (unpaired) electrons. The number of carbonyl (C=O) groups is 1. The monoisotopic (exact) mass is 308 g/mol. The predicted octanol–water partition coefficient (Wildman–Crippen LogP) is 3.54. The van der Waals surface area contributed by atoms with Gasteiger partial charge in [0.05, 0.1) is 0 Å². The zero-order valence-corrected chi connectivity index (χ0v) is 13.6. The lowest BCUT2D eigenvalue weighted by Crippen LogP contribution is -2.48. The predicted molar refractivity (Wildman–Crippen MR) is 93.7 cm³/mol. The minimum atomic E-state index is 0.194. The summed E-state index contributed by atoms with van der Waals surface area (Å²) in [6, 6.07) is 14.9. The summed E-state index contributed by atoms with van der Waals surface area (Å²) in [6.07, 6.45) is 4.99. The molecule has 2 aromatic rings. The first-order chi connectivity index (χ1) is 11.3. The summed E-state index contributed by atoms with van der Waals surface area (Å²) >= 11 is 0. The highest BCUT2D eigenvalue weighted by Gasteiger charge is 2.29. The lowest BCUT2D eigenvalue weighted by molar-refractivity contribution is 0.0608. The Labute approximate surface area is 137 Å². The molecule has 2 aliphatic heterocycles. The second kappa shape index (κ2) is 6.32. The van der Waals surface area contributed by atoms with E-state index in [1.54, 1.807) is 0 Å². The van der Waals surface area contributed by atoms with Crippen molar-refractivity contribution in [2.24, 2.45) is 0 Å². The van der Waals surface area contributed by atoms with Gasteiger partial charge in [-0.15, -0.1) is 0 Å². The number of hydrogen-bond acceptors (Lipinski definition) is 2. The van der Waals surface area contributed by atoms with Crippen molar-refractivity contribution in [2.45, 2.75) is 31.7 Å². The summed E-state index contributed by atoms with van der Waals surface area (Å²) in [5.41, 5.74) is 0.825. The fraction of sp³-hybridized carbons (Fsp3) is 0.450. The van der Waals surface area contributed by atoms with Gasteiger partial charge in [-0.1, -0.05) is 30.3 Å². The van der Waals surface area contributed by atoms with Crippen molar-refractivity contribution in [3.63, 3.8) is 0 Å². The first-order valence-electron chi connectivity index (χ1n) is 8.83. The van der Waals surface area contributed by atoms with Crippen LogP contribution in [0, 0.1) is 0 Å². The Hall–Kier alpha value is -1.87. The van der Waals surface area contributed by atoms with Gasteiger partial charge in [0.1, 0.15) is 0 Å². The molecular weight excluding hydrogens is 284 g/mol. The minimum Gasteiger partial charge on any atom is -0.337 e. The van der Waals surface area contributed by atoms with Crippen LogP contribution in [0.5, 0.6) is 0 Å². The van der Waals surface area contributed by atoms with Crippen LogP contribution < -0.4 is 0 Å². The summed E-state index contributed by atoms with van der Waals surface area (Å²) < 4.78 is 0. The molecule has 3 heteroatoms. The van der Waals surface area contributed by atoms with Crippen LogP contribution in [0.3, 0.4) is 0 Å². The Balaban J connectivity index is 1.52. The number of fused-ring (bicyclic) bond motifs is 1. The van der Waals surface area contributed by atoms with Crippen molar-refractivity contribution in [1.82, 2.24) is 9.80 Å². The highest BCUT2D eigenvalue weighted by Crippen LogP contribution is 2.23. The topological polar surface area (TPSA) is 23.6 Å². The molecule has 3 nitrogen and oxygen atoms in total. The van der Waals surface area contributed by atoms with Crippen molar-refractivity contribution in [3.8, 4) is 0 Å². The van der Waals surface area contributed by atoms with E-state index >= 15 is 0 Å². The smallest absolute Gasteiger partial charge is 0.253 e. The van der Waals surface area contributed by atoms with E-state index in [1.165, 1.54) is 37.7 Å². The van der Waals surface area contributed by atoms with E-state index in [0.717, 1.165) is 30.5 Å². The summed E-state index contributed by atoms with van der Waals surface area (Å²) in [6.45, 7) is 4.22. The number of benzene rings is 2. The Morgan fingerprint density at radius 3 is 2.52 bits per heavy atom. The van der Waals surface area contributed by atoms with Gasteiger partial charge < -0.3 is 4.90 Å². The van der Waals surface area contributed by atoms with Gasteiger partial charge in [0.25, 0.3) is 5.91 Å². The third-order valence-corrected chi connectivity index (χ3v) is 5.34. The third kappa shape index (κ3) is 2.98. The van der Waals surface area contributed by atoms with Gasteiger partial charge in [-0.2, -0.15) is 0 Å². The van der Waals surface area contributed by atoms with Gasteiger partial charge in [0.15, 0.2) is 0 Å². The Kier molecular flexibility index (Phi) is 4.04. The lowest BCUT2D eigenvalue weighted by atomic mass is 10.0. The molecule has 0 N–H and O–H groups in total. The van der Waals surface area contributed by atoms with E-state index in [2.05, 4.69) is 28.0 Å². The molecule has 1 amide bonds. The number of carbonyl (C=O) groups excluding carboxylic acids is 1. The van der Waals surface area contributed by atoms with Crippen LogP contribution in [0.1, 0.15) is 36.0 Å². The van der Waals surface area contributed by atoms with Gasteiger partial charge in [-0.25, -0.2) is 0 Å². The fourth-order valence-electron chi connectivity index (χ4n) is 4.05. The average Bonchev–Trinajstić information content (AvgIpc) is 3.15. The minimum absolute atomic E-state index is 0.194. The molecule has 2 aromatic carbocycles. The molecule has 0 aromatic heterocycles. The molecule has 2 fully saturated rings. The van der Waals surface area contributed by atoms with Gasteiger partial charge in [0.2, 0.25) is 0 Å². The molecule has 4 rings (SSSR count). The third-order valence-electron chi connectivity index (χ3n) is 5.34.